The summed E-state index contributed by atoms with van der Waals surface area (Å²) in [5.41, 5.74) is 0. The van der Waals surface area contributed by atoms with E-state index in [1.165, 1.54) is 0 Å². The molecule has 0 atom stereocenters. The Balaban J connectivity index is 2.49. The number of ether oxygens (including phenoxy) is 1. The lowest BCUT2D eigenvalue weighted by atomic mass is 10.2. The molecule has 0 saturated carbocycles. The molecule has 144 valence electrons. The molecule has 2 N–H and O–H groups in total. The maximum absolute atomic E-state index is 5.34. The van der Waals surface area contributed by atoms with Crippen molar-refractivity contribution in [1.29, 1.82) is 0 Å². The molecule has 1 aromatic rings. The molecule has 0 radical (unpaired) electrons. The highest BCUT2D eigenvalue weighted by molar-refractivity contribution is 7.98. The first-order valence-corrected chi connectivity index (χ1v) is 10.4. The van der Waals surface area contributed by atoms with Gasteiger partial charge in [0.05, 0.1) is 6.61 Å². The molecule has 0 unspecified atom stereocenters. The molecule has 1 rings (SSSR count). The maximum atomic E-state index is 5.34. The second-order valence-electron chi connectivity index (χ2n) is 6.10. The van der Waals surface area contributed by atoms with Crippen LogP contribution in [-0.4, -0.2) is 59.8 Å². The van der Waals surface area contributed by atoms with Gasteiger partial charge in [0.2, 0.25) is 0 Å². The first-order chi connectivity index (χ1) is 12.1. The molecule has 0 aliphatic carbocycles. The molecule has 7 nitrogen and oxygen atoms in total. The molecule has 1 heterocycles. The topological polar surface area (TPSA) is 76.4 Å². The van der Waals surface area contributed by atoms with Crippen molar-refractivity contribution < 1.29 is 4.74 Å². The zero-order valence-electron chi connectivity index (χ0n) is 16.3. The van der Waals surface area contributed by atoms with Gasteiger partial charge in [-0.15, -0.1) is 10.2 Å². The van der Waals surface area contributed by atoms with E-state index in [9.17, 15) is 0 Å². The Morgan fingerprint density at radius 3 is 2.72 bits per heavy atom. The predicted molar refractivity (Wildman–Crippen MR) is 105 cm³/mol. The van der Waals surface area contributed by atoms with Crippen molar-refractivity contribution in [1.82, 2.24) is 25.4 Å². The monoisotopic (exact) mass is 370 g/mol. The van der Waals surface area contributed by atoms with Crippen LogP contribution in [0, 0.1) is 5.92 Å². The Hall–Kier alpha value is -1.28. The molecule has 0 bridgehead atoms. The largest absolute Gasteiger partial charge is 0.380 e. The minimum atomic E-state index is 0.577. The van der Waals surface area contributed by atoms with Gasteiger partial charge in [-0.1, -0.05) is 25.6 Å². The van der Waals surface area contributed by atoms with Gasteiger partial charge in [-0.05, 0) is 32.4 Å². The molecule has 0 aliphatic heterocycles. The third-order valence-corrected chi connectivity index (χ3v) is 4.11. The summed E-state index contributed by atoms with van der Waals surface area (Å²) in [5, 5.41) is 16.2. The first-order valence-electron chi connectivity index (χ1n) is 9.18. The van der Waals surface area contributed by atoms with Crippen molar-refractivity contribution in [3.63, 3.8) is 0 Å². The first kappa shape index (κ1) is 21.8. The van der Waals surface area contributed by atoms with Crippen molar-refractivity contribution in [2.75, 3.05) is 39.1 Å². The van der Waals surface area contributed by atoms with Crippen LogP contribution in [-0.2, 0) is 17.7 Å². The highest BCUT2D eigenvalue weighted by atomic mass is 32.2. The predicted octanol–water partition coefficient (Wildman–Crippen LogP) is 2.18. The summed E-state index contributed by atoms with van der Waals surface area (Å²) >= 11 is 1.65. The van der Waals surface area contributed by atoms with E-state index in [-0.39, 0.29) is 0 Å². The van der Waals surface area contributed by atoms with Crippen molar-refractivity contribution in [2.45, 2.75) is 52.2 Å². The number of aryl methyl sites for hydroxylation is 1. The van der Waals surface area contributed by atoms with Crippen LogP contribution in [0.4, 0.5) is 0 Å². The van der Waals surface area contributed by atoms with Gasteiger partial charge in [0, 0.05) is 39.2 Å². The van der Waals surface area contributed by atoms with Gasteiger partial charge < -0.3 is 19.9 Å². The van der Waals surface area contributed by atoms with E-state index in [4.69, 9.17) is 4.74 Å². The van der Waals surface area contributed by atoms with Crippen molar-refractivity contribution >= 4 is 17.7 Å². The molecular weight excluding hydrogens is 336 g/mol. The number of rotatable bonds is 12. The van der Waals surface area contributed by atoms with Crippen LogP contribution < -0.4 is 10.6 Å². The molecule has 0 amide bonds. The van der Waals surface area contributed by atoms with E-state index in [1.807, 2.05) is 13.2 Å². The number of hydrogen-bond acceptors (Lipinski definition) is 5. The Labute approximate surface area is 156 Å². The molecule has 0 aliphatic rings. The van der Waals surface area contributed by atoms with Gasteiger partial charge in [-0.3, -0.25) is 4.99 Å². The fourth-order valence-corrected chi connectivity index (χ4v) is 2.88. The van der Waals surface area contributed by atoms with E-state index in [1.54, 1.807) is 11.8 Å². The molecule has 8 heteroatoms. The Kier molecular flexibility index (Phi) is 11.3. The SMILES string of the molecule is CCNC(=NCCCc1nnc(SC)n1CC(C)C)NCCOCC. The normalized spacial score (nSPS) is 12.0. The molecule has 0 saturated heterocycles. The smallest absolute Gasteiger partial charge is 0.191 e. The van der Waals surface area contributed by atoms with Crippen LogP contribution in [0.15, 0.2) is 10.1 Å². The fraction of sp³-hybridized carbons (Fsp3) is 0.824. The lowest BCUT2D eigenvalue weighted by Gasteiger charge is -2.12. The number of thioether (sulfide) groups is 1. The fourth-order valence-electron chi connectivity index (χ4n) is 2.36. The van der Waals surface area contributed by atoms with E-state index in [2.05, 4.69) is 51.2 Å². The number of hydrogen-bond donors (Lipinski definition) is 2. The summed E-state index contributed by atoms with van der Waals surface area (Å²) in [7, 11) is 0. The summed E-state index contributed by atoms with van der Waals surface area (Å²) in [6, 6.07) is 0. The molecule has 0 spiro atoms. The zero-order chi connectivity index (χ0) is 18.5. The van der Waals surface area contributed by atoms with Gasteiger partial charge in [0.15, 0.2) is 11.1 Å². The number of aliphatic imine (C=N–C) groups is 1. The quantitative estimate of drug-likeness (QED) is 0.254. The number of nitrogens with zero attached hydrogens (tertiary/aromatic N) is 4. The van der Waals surface area contributed by atoms with E-state index in [0.29, 0.717) is 12.5 Å². The van der Waals surface area contributed by atoms with E-state index < -0.39 is 0 Å². The highest BCUT2D eigenvalue weighted by Gasteiger charge is 2.12. The van der Waals surface area contributed by atoms with Crippen molar-refractivity contribution in [3.8, 4) is 0 Å². The van der Waals surface area contributed by atoms with Gasteiger partial charge in [-0.25, -0.2) is 0 Å². The van der Waals surface area contributed by atoms with Crippen LogP contribution in [0.1, 0.15) is 39.9 Å². The molecule has 25 heavy (non-hydrogen) atoms. The van der Waals surface area contributed by atoms with Gasteiger partial charge >= 0.3 is 0 Å². The zero-order valence-corrected chi connectivity index (χ0v) is 17.2. The minimum Gasteiger partial charge on any atom is -0.380 e. The van der Waals surface area contributed by atoms with Crippen LogP contribution in [0.2, 0.25) is 0 Å². The third kappa shape index (κ3) is 8.58. The number of guanidine groups is 1. The third-order valence-electron chi connectivity index (χ3n) is 3.44. The maximum Gasteiger partial charge on any atom is 0.191 e. The second kappa shape index (κ2) is 13.0. The number of aromatic nitrogens is 3. The van der Waals surface area contributed by atoms with Crippen LogP contribution in [0.3, 0.4) is 0 Å². The Morgan fingerprint density at radius 2 is 2.08 bits per heavy atom. The van der Waals surface area contributed by atoms with Gasteiger partial charge in [0.25, 0.3) is 0 Å². The summed E-state index contributed by atoms with van der Waals surface area (Å²) in [6.45, 7) is 13.3. The Bertz CT molecular complexity index is 503. The van der Waals surface area contributed by atoms with Crippen LogP contribution in [0.5, 0.6) is 0 Å². The molecule has 0 aromatic carbocycles. The minimum absolute atomic E-state index is 0.577. The molecule has 1 aromatic heterocycles. The lowest BCUT2D eigenvalue weighted by molar-refractivity contribution is 0.152. The number of nitrogens with one attached hydrogen (secondary N) is 2. The van der Waals surface area contributed by atoms with E-state index >= 15 is 0 Å². The van der Waals surface area contributed by atoms with Crippen molar-refractivity contribution in [2.24, 2.45) is 10.9 Å². The summed E-state index contributed by atoms with van der Waals surface area (Å²) in [6.07, 6.45) is 3.89. The van der Waals surface area contributed by atoms with Crippen LogP contribution in [0.25, 0.3) is 0 Å². The van der Waals surface area contributed by atoms with Gasteiger partial charge in [0.1, 0.15) is 5.82 Å². The van der Waals surface area contributed by atoms with Crippen LogP contribution >= 0.6 is 11.8 Å². The Morgan fingerprint density at radius 1 is 1.28 bits per heavy atom. The lowest BCUT2D eigenvalue weighted by Crippen LogP contribution is -2.39. The van der Waals surface area contributed by atoms with Gasteiger partial charge in [-0.2, -0.15) is 0 Å². The second-order valence-corrected chi connectivity index (χ2v) is 6.87. The summed E-state index contributed by atoms with van der Waals surface area (Å²) in [4.78, 5) is 4.62. The summed E-state index contributed by atoms with van der Waals surface area (Å²) < 4.78 is 7.58. The average Bonchev–Trinajstić information content (AvgIpc) is 2.96. The molecule has 0 fully saturated rings. The average molecular weight is 371 g/mol. The van der Waals surface area contributed by atoms with E-state index in [0.717, 1.165) is 62.6 Å². The summed E-state index contributed by atoms with van der Waals surface area (Å²) in [5.74, 6) is 2.48. The van der Waals surface area contributed by atoms with Crippen molar-refractivity contribution in [3.05, 3.63) is 5.82 Å². The molecular formula is C17H34N6OS. The standard InChI is InChI=1S/C17H34N6OS/c1-6-18-16(20-11-12-24-7-2)19-10-8-9-15-21-22-17(25-5)23(15)13-14(3)4/h14H,6-13H2,1-5H3,(H2,18,19,20). The highest BCUT2D eigenvalue weighted by Crippen LogP contribution is 2.16.